The lowest BCUT2D eigenvalue weighted by Crippen LogP contribution is -2.15. The molecule has 0 radical (unpaired) electrons. The zero-order valence-corrected chi connectivity index (χ0v) is 16.0. The van der Waals surface area contributed by atoms with Crippen LogP contribution in [0.25, 0.3) is 16.9 Å². The number of halogens is 1. The van der Waals surface area contributed by atoms with Gasteiger partial charge in [0.15, 0.2) is 11.5 Å². The van der Waals surface area contributed by atoms with E-state index in [1.54, 1.807) is 0 Å². The fourth-order valence-electron chi connectivity index (χ4n) is 3.39. The van der Waals surface area contributed by atoms with E-state index >= 15 is 0 Å². The molecule has 3 heterocycles. The summed E-state index contributed by atoms with van der Waals surface area (Å²) in [5, 5.41) is 4.14. The van der Waals surface area contributed by atoms with Crippen LogP contribution in [0.4, 0.5) is 11.5 Å². The van der Waals surface area contributed by atoms with Gasteiger partial charge in [0.2, 0.25) is 0 Å². The van der Waals surface area contributed by atoms with E-state index in [-0.39, 0.29) is 0 Å². The van der Waals surface area contributed by atoms with Crippen LogP contribution < -0.4 is 14.8 Å². The summed E-state index contributed by atoms with van der Waals surface area (Å²) in [7, 11) is 0. The van der Waals surface area contributed by atoms with Crippen LogP contribution in [0, 0.1) is 6.92 Å². The molecule has 0 fully saturated rings. The van der Waals surface area contributed by atoms with Crippen molar-refractivity contribution in [3.8, 4) is 22.8 Å². The van der Waals surface area contributed by atoms with Crippen LogP contribution in [-0.2, 0) is 0 Å². The Labute approximate surface area is 167 Å². The van der Waals surface area contributed by atoms with Crippen molar-refractivity contribution in [1.82, 2.24) is 9.38 Å². The molecule has 0 saturated carbocycles. The molecule has 0 atom stereocenters. The highest BCUT2D eigenvalue weighted by Crippen LogP contribution is 2.36. The van der Waals surface area contributed by atoms with Gasteiger partial charge >= 0.3 is 0 Å². The molecule has 5 nitrogen and oxygen atoms in total. The average Bonchev–Trinajstić information content (AvgIpc) is 3.05. The van der Waals surface area contributed by atoms with Crippen molar-refractivity contribution in [3.63, 3.8) is 0 Å². The molecule has 0 saturated heterocycles. The molecular formula is C22H18ClN3O2. The van der Waals surface area contributed by atoms with Gasteiger partial charge in [-0.2, -0.15) is 0 Å². The number of imidazole rings is 1. The van der Waals surface area contributed by atoms with Crippen molar-refractivity contribution < 1.29 is 9.47 Å². The van der Waals surface area contributed by atoms with Crippen molar-refractivity contribution in [2.75, 3.05) is 18.5 Å². The largest absolute Gasteiger partial charge is 0.486 e. The third-order valence-electron chi connectivity index (χ3n) is 4.68. The van der Waals surface area contributed by atoms with Gasteiger partial charge in [0.05, 0.1) is 5.02 Å². The highest BCUT2D eigenvalue weighted by Gasteiger charge is 2.17. The number of benzene rings is 2. The zero-order chi connectivity index (χ0) is 19.1. The van der Waals surface area contributed by atoms with Crippen molar-refractivity contribution in [3.05, 3.63) is 71.4 Å². The SMILES string of the molecule is Cc1cccc(-c2nc3ccc(Cl)cn3c2Nc2ccc3c(c2)OCCO3)c1. The van der Waals surface area contributed by atoms with Gasteiger partial charge in [0.25, 0.3) is 0 Å². The fourth-order valence-corrected chi connectivity index (χ4v) is 3.55. The van der Waals surface area contributed by atoms with Crippen LogP contribution >= 0.6 is 11.6 Å². The quantitative estimate of drug-likeness (QED) is 0.502. The number of nitrogens with zero attached hydrogens (tertiary/aromatic N) is 2. The summed E-state index contributed by atoms with van der Waals surface area (Å²) in [6, 6.07) is 17.9. The molecule has 1 aliphatic heterocycles. The number of aromatic nitrogens is 2. The summed E-state index contributed by atoms with van der Waals surface area (Å²) >= 11 is 6.26. The van der Waals surface area contributed by atoms with E-state index < -0.39 is 0 Å². The molecule has 1 aliphatic rings. The van der Waals surface area contributed by atoms with Gasteiger partial charge in [-0.1, -0.05) is 35.4 Å². The lowest BCUT2D eigenvalue weighted by Gasteiger charge is -2.19. The highest BCUT2D eigenvalue weighted by molar-refractivity contribution is 6.30. The lowest BCUT2D eigenvalue weighted by atomic mass is 10.1. The molecule has 28 heavy (non-hydrogen) atoms. The maximum atomic E-state index is 6.26. The van der Waals surface area contributed by atoms with Gasteiger partial charge in [-0.05, 0) is 37.3 Å². The number of pyridine rings is 1. The van der Waals surface area contributed by atoms with E-state index in [1.165, 1.54) is 5.56 Å². The number of ether oxygens (including phenoxy) is 2. The number of hydrogen-bond acceptors (Lipinski definition) is 4. The molecular weight excluding hydrogens is 374 g/mol. The van der Waals surface area contributed by atoms with Gasteiger partial charge < -0.3 is 14.8 Å². The van der Waals surface area contributed by atoms with Crippen LogP contribution in [0.3, 0.4) is 0 Å². The Hall–Kier alpha value is -3.18. The zero-order valence-electron chi connectivity index (χ0n) is 15.3. The maximum absolute atomic E-state index is 6.26. The molecule has 1 N–H and O–H groups in total. The predicted octanol–water partition coefficient (Wildman–Crippen LogP) is 5.48. The minimum absolute atomic E-state index is 0.552. The number of hydrogen-bond donors (Lipinski definition) is 1. The summed E-state index contributed by atoms with van der Waals surface area (Å²) in [4.78, 5) is 4.83. The van der Waals surface area contributed by atoms with Crippen LogP contribution in [0.5, 0.6) is 11.5 Å². The van der Waals surface area contributed by atoms with E-state index in [1.807, 2.05) is 47.0 Å². The standard InChI is InChI=1S/C22H18ClN3O2/c1-14-3-2-4-15(11-14)21-22(26-13-16(23)5-8-20(26)25-21)24-17-6-7-18-19(12-17)28-10-9-27-18/h2-8,11-13,24H,9-10H2,1H3. The first-order chi connectivity index (χ1) is 13.7. The second-order valence-corrected chi connectivity index (χ2v) is 7.17. The molecule has 140 valence electrons. The monoisotopic (exact) mass is 391 g/mol. The predicted molar refractivity (Wildman–Crippen MR) is 111 cm³/mol. The van der Waals surface area contributed by atoms with Crippen LogP contribution in [0.1, 0.15) is 5.56 Å². The van der Waals surface area contributed by atoms with E-state index in [0.717, 1.165) is 39.9 Å². The number of aryl methyl sites for hydroxylation is 1. The Balaban J connectivity index is 1.65. The first kappa shape index (κ1) is 17.0. The van der Waals surface area contributed by atoms with Gasteiger partial charge in [-0.3, -0.25) is 4.40 Å². The second kappa shape index (κ2) is 6.77. The first-order valence-corrected chi connectivity index (χ1v) is 9.46. The lowest BCUT2D eigenvalue weighted by molar-refractivity contribution is 0.171. The molecule has 2 aromatic carbocycles. The Morgan fingerprint density at radius 3 is 2.71 bits per heavy atom. The average molecular weight is 392 g/mol. The summed E-state index contributed by atoms with van der Waals surface area (Å²) in [5.74, 6) is 2.34. The summed E-state index contributed by atoms with van der Waals surface area (Å²) in [5.41, 5.74) is 4.79. The number of rotatable bonds is 3. The number of nitrogens with one attached hydrogen (secondary N) is 1. The third kappa shape index (κ3) is 3.04. The van der Waals surface area contributed by atoms with E-state index in [2.05, 4.69) is 30.4 Å². The van der Waals surface area contributed by atoms with Gasteiger partial charge in [0.1, 0.15) is 30.4 Å². The minimum Gasteiger partial charge on any atom is -0.486 e. The molecule has 6 heteroatoms. The molecule has 5 rings (SSSR count). The highest BCUT2D eigenvalue weighted by atomic mass is 35.5. The van der Waals surface area contributed by atoms with E-state index in [0.29, 0.717) is 18.2 Å². The molecule has 2 aromatic heterocycles. The van der Waals surface area contributed by atoms with Crippen LogP contribution in [0.15, 0.2) is 60.8 Å². The Morgan fingerprint density at radius 2 is 1.86 bits per heavy atom. The molecule has 0 bridgehead atoms. The second-order valence-electron chi connectivity index (χ2n) is 6.74. The van der Waals surface area contributed by atoms with Gasteiger partial charge in [0, 0.05) is 23.5 Å². The number of anilines is 2. The van der Waals surface area contributed by atoms with Gasteiger partial charge in [-0.15, -0.1) is 0 Å². The normalized spacial score (nSPS) is 12.9. The van der Waals surface area contributed by atoms with E-state index in [9.17, 15) is 0 Å². The van der Waals surface area contributed by atoms with Crippen molar-refractivity contribution >= 4 is 28.8 Å². The molecule has 0 spiro atoms. The van der Waals surface area contributed by atoms with Crippen molar-refractivity contribution in [2.24, 2.45) is 0 Å². The summed E-state index contributed by atoms with van der Waals surface area (Å²) < 4.78 is 13.3. The van der Waals surface area contributed by atoms with Crippen molar-refractivity contribution in [2.45, 2.75) is 6.92 Å². The van der Waals surface area contributed by atoms with Crippen LogP contribution in [-0.4, -0.2) is 22.6 Å². The number of fused-ring (bicyclic) bond motifs is 2. The smallest absolute Gasteiger partial charge is 0.163 e. The Kier molecular flexibility index (Phi) is 4.10. The van der Waals surface area contributed by atoms with Crippen molar-refractivity contribution in [1.29, 1.82) is 0 Å². The molecule has 0 amide bonds. The molecule has 0 unspecified atom stereocenters. The topological polar surface area (TPSA) is 47.8 Å². The minimum atomic E-state index is 0.552. The summed E-state index contributed by atoms with van der Waals surface area (Å²) in [6.45, 7) is 3.20. The first-order valence-electron chi connectivity index (χ1n) is 9.09. The van der Waals surface area contributed by atoms with E-state index in [4.69, 9.17) is 26.1 Å². The molecule has 4 aromatic rings. The Bertz CT molecular complexity index is 1190. The Morgan fingerprint density at radius 1 is 1.00 bits per heavy atom. The third-order valence-corrected chi connectivity index (χ3v) is 4.90. The summed E-state index contributed by atoms with van der Waals surface area (Å²) in [6.07, 6.45) is 1.86. The fraction of sp³-hybridized carbons (Fsp3) is 0.136. The van der Waals surface area contributed by atoms with Gasteiger partial charge in [-0.25, -0.2) is 4.98 Å². The van der Waals surface area contributed by atoms with Crippen LogP contribution in [0.2, 0.25) is 5.02 Å². The maximum Gasteiger partial charge on any atom is 0.163 e. The molecule has 0 aliphatic carbocycles.